The molecule has 1 fully saturated rings. The van der Waals surface area contributed by atoms with E-state index in [1.807, 2.05) is 17.9 Å². The molecular formula is C16H27N5O. The van der Waals surface area contributed by atoms with Crippen LogP contribution in [-0.4, -0.2) is 65.9 Å². The summed E-state index contributed by atoms with van der Waals surface area (Å²) >= 11 is 0. The molecule has 1 aromatic heterocycles. The van der Waals surface area contributed by atoms with Crippen LogP contribution in [0.4, 0.5) is 5.82 Å². The average Bonchev–Trinajstić information content (AvgIpc) is 2.46. The predicted molar refractivity (Wildman–Crippen MR) is 88.0 cm³/mol. The van der Waals surface area contributed by atoms with E-state index in [4.69, 9.17) is 0 Å². The molecule has 1 aromatic rings. The molecule has 1 aliphatic rings. The first-order chi connectivity index (χ1) is 10.5. The molecule has 0 aromatic carbocycles. The lowest BCUT2D eigenvalue weighted by atomic mass is 9.96. The first kappa shape index (κ1) is 16.7. The Kier molecular flexibility index (Phi) is 5.71. The van der Waals surface area contributed by atoms with Crippen molar-refractivity contribution < 1.29 is 4.79 Å². The number of likely N-dealkylation sites (tertiary alicyclic amines) is 1. The second-order valence-corrected chi connectivity index (χ2v) is 6.26. The van der Waals surface area contributed by atoms with Crippen LogP contribution in [0.1, 0.15) is 37.2 Å². The molecule has 0 spiro atoms. The number of amides is 1. The Morgan fingerprint density at radius 3 is 2.64 bits per heavy atom. The van der Waals surface area contributed by atoms with Crippen LogP contribution in [0.2, 0.25) is 0 Å². The third kappa shape index (κ3) is 4.66. The lowest BCUT2D eigenvalue weighted by Crippen LogP contribution is -2.36. The molecule has 1 N–H and O–H groups in total. The molecule has 22 heavy (non-hydrogen) atoms. The summed E-state index contributed by atoms with van der Waals surface area (Å²) in [6, 6.07) is 1.99. The standard InChI is InChI=1S/C16H27N5O/c1-12-11-15(17-7-10-20(3)4)19-16(18-12)14-5-8-21(9-6-14)13(2)22/h11,14H,5-10H2,1-4H3,(H,17,18,19). The second-order valence-electron chi connectivity index (χ2n) is 6.26. The number of piperidine rings is 1. The van der Waals surface area contributed by atoms with E-state index in [9.17, 15) is 4.79 Å². The second kappa shape index (κ2) is 7.54. The molecule has 0 radical (unpaired) electrons. The van der Waals surface area contributed by atoms with Crippen LogP contribution < -0.4 is 5.32 Å². The molecule has 0 bridgehead atoms. The summed E-state index contributed by atoms with van der Waals surface area (Å²) in [7, 11) is 4.11. The normalized spacial score (nSPS) is 16.1. The minimum absolute atomic E-state index is 0.162. The van der Waals surface area contributed by atoms with Crippen molar-refractivity contribution in [2.75, 3.05) is 45.6 Å². The number of rotatable bonds is 5. The third-order valence-electron chi connectivity index (χ3n) is 4.04. The summed E-state index contributed by atoms with van der Waals surface area (Å²) in [6.07, 6.45) is 1.89. The van der Waals surface area contributed by atoms with Crippen molar-refractivity contribution in [2.24, 2.45) is 0 Å². The van der Waals surface area contributed by atoms with Gasteiger partial charge in [0.05, 0.1) is 0 Å². The van der Waals surface area contributed by atoms with Crippen LogP contribution in [0.25, 0.3) is 0 Å². The number of likely N-dealkylation sites (N-methyl/N-ethyl adjacent to an activating group) is 1. The molecule has 1 saturated heterocycles. The molecule has 0 saturated carbocycles. The highest BCUT2D eigenvalue weighted by Crippen LogP contribution is 2.26. The molecule has 2 rings (SSSR count). The van der Waals surface area contributed by atoms with E-state index in [2.05, 4.69) is 34.3 Å². The minimum atomic E-state index is 0.162. The summed E-state index contributed by atoms with van der Waals surface area (Å²) in [4.78, 5) is 24.7. The fourth-order valence-corrected chi connectivity index (χ4v) is 2.72. The van der Waals surface area contributed by atoms with Crippen molar-refractivity contribution in [1.82, 2.24) is 19.8 Å². The van der Waals surface area contributed by atoms with E-state index in [1.165, 1.54) is 0 Å². The number of hydrogen-bond acceptors (Lipinski definition) is 5. The quantitative estimate of drug-likeness (QED) is 0.893. The Labute approximate surface area is 132 Å². The van der Waals surface area contributed by atoms with Gasteiger partial charge in [-0.25, -0.2) is 9.97 Å². The maximum absolute atomic E-state index is 11.4. The van der Waals surface area contributed by atoms with Crippen LogP contribution >= 0.6 is 0 Å². The summed E-state index contributed by atoms with van der Waals surface area (Å²) in [5, 5.41) is 3.37. The Bertz CT molecular complexity index is 509. The topological polar surface area (TPSA) is 61.4 Å². The van der Waals surface area contributed by atoms with Gasteiger partial charge >= 0.3 is 0 Å². The number of carbonyl (C=O) groups excluding carboxylic acids is 1. The van der Waals surface area contributed by atoms with Gasteiger partial charge in [-0.1, -0.05) is 0 Å². The highest BCUT2D eigenvalue weighted by molar-refractivity contribution is 5.73. The maximum Gasteiger partial charge on any atom is 0.219 e. The predicted octanol–water partition coefficient (Wildman–Crippen LogP) is 1.48. The van der Waals surface area contributed by atoms with Crippen molar-refractivity contribution in [1.29, 1.82) is 0 Å². The van der Waals surface area contributed by atoms with E-state index in [0.29, 0.717) is 5.92 Å². The minimum Gasteiger partial charge on any atom is -0.369 e. The van der Waals surface area contributed by atoms with E-state index in [1.54, 1.807) is 6.92 Å². The zero-order chi connectivity index (χ0) is 16.1. The molecule has 1 amide bonds. The number of anilines is 1. The largest absolute Gasteiger partial charge is 0.369 e. The number of hydrogen-bond donors (Lipinski definition) is 1. The first-order valence-electron chi connectivity index (χ1n) is 7.95. The van der Waals surface area contributed by atoms with Crippen LogP contribution in [0, 0.1) is 6.92 Å². The van der Waals surface area contributed by atoms with E-state index >= 15 is 0 Å². The van der Waals surface area contributed by atoms with Gasteiger partial charge in [-0.2, -0.15) is 0 Å². The van der Waals surface area contributed by atoms with Crippen molar-refractivity contribution in [3.63, 3.8) is 0 Å². The monoisotopic (exact) mass is 305 g/mol. The van der Waals surface area contributed by atoms with Crippen LogP contribution in [0.15, 0.2) is 6.07 Å². The summed E-state index contributed by atoms with van der Waals surface area (Å²) in [5.41, 5.74) is 0.992. The zero-order valence-corrected chi connectivity index (χ0v) is 14.1. The number of carbonyl (C=O) groups is 1. The number of aromatic nitrogens is 2. The van der Waals surface area contributed by atoms with Gasteiger partial charge in [0.25, 0.3) is 0 Å². The van der Waals surface area contributed by atoms with Crippen molar-refractivity contribution in [3.8, 4) is 0 Å². The van der Waals surface area contributed by atoms with Gasteiger partial charge in [0.2, 0.25) is 5.91 Å². The molecule has 2 heterocycles. The maximum atomic E-state index is 11.4. The fraction of sp³-hybridized carbons (Fsp3) is 0.688. The molecule has 0 atom stereocenters. The van der Waals surface area contributed by atoms with Crippen molar-refractivity contribution >= 4 is 11.7 Å². The summed E-state index contributed by atoms with van der Waals surface area (Å²) < 4.78 is 0. The smallest absolute Gasteiger partial charge is 0.219 e. The van der Waals surface area contributed by atoms with Gasteiger partial charge in [-0.3, -0.25) is 4.79 Å². The fourth-order valence-electron chi connectivity index (χ4n) is 2.72. The lowest BCUT2D eigenvalue weighted by Gasteiger charge is -2.30. The molecule has 0 unspecified atom stereocenters. The Balaban J connectivity index is 1.99. The van der Waals surface area contributed by atoms with E-state index in [0.717, 1.165) is 56.4 Å². The van der Waals surface area contributed by atoms with Gasteiger partial charge in [-0.15, -0.1) is 0 Å². The van der Waals surface area contributed by atoms with Gasteiger partial charge in [-0.05, 0) is 33.9 Å². The molecule has 1 aliphatic heterocycles. The highest BCUT2D eigenvalue weighted by Gasteiger charge is 2.24. The highest BCUT2D eigenvalue weighted by atomic mass is 16.2. The Hall–Kier alpha value is -1.69. The lowest BCUT2D eigenvalue weighted by molar-refractivity contribution is -0.129. The van der Waals surface area contributed by atoms with Crippen LogP contribution in [0.3, 0.4) is 0 Å². The Morgan fingerprint density at radius 1 is 1.36 bits per heavy atom. The average molecular weight is 305 g/mol. The molecule has 0 aliphatic carbocycles. The molecular weight excluding hydrogens is 278 g/mol. The zero-order valence-electron chi connectivity index (χ0n) is 14.1. The van der Waals surface area contributed by atoms with Crippen LogP contribution in [0.5, 0.6) is 0 Å². The number of aryl methyl sites for hydroxylation is 1. The summed E-state index contributed by atoms with van der Waals surface area (Å²) in [5.74, 6) is 2.33. The van der Waals surface area contributed by atoms with E-state index in [-0.39, 0.29) is 5.91 Å². The Morgan fingerprint density at radius 2 is 2.05 bits per heavy atom. The number of nitrogens with zero attached hydrogens (tertiary/aromatic N) is 4. The molecule has 6 nitrogen and oxygen atoms in total. The van der Waals surface area contributed by atoms with Crippen molar-refractivity contribution in [3.05, 3.63) is 17.6 Å². The van der Waals surface area contributed by atoms with Gasteiger partial charge in [0, 0.05) is 50.8 Å². The number of nitrogens with one attached hydrogen (secondary N) is 1. The molecule has 6 heteroatoms. The van der Waals surface area contributed by atoms with Gasteiger partial charge in [0.1, 0.15) is 11.6 Å². The van der Waals surface area contributed by atoms with Crippen LogP contribution in [-0.2, 0) is 4.79 Å². The van der Waals surface area contributed by atoms with Crippen molar-refractivity contribution in [2.45, 2.75) is 32.6 Å². The first-order valence-corrected chi connectivity index (χ1v) is 7.95. The SMILES string of the molecule is CC(=O)N1CCC(c2nc(C)cc(NCCN(C)C)n2)CC1. The van der Waals surface area contributed by atoms with Gasteiger partial charge < -0.3 is 15.1 Å². The van der Waals surface area contributed by atoms with Gasteiger partial charge in [0.15, 0.2) is 0 Å². The summed E-state index contributed by atoms with van der Waals surface area (Å²) in [6.45, 7) is 7.09. The molecule has 122 valence electrons. The third-order valence-corrected chi connectivity index (χ3v) is 4.04. The van der Waals surface area contributed by atoms with E-state index < -0.39 is 0 Å².